The third kappa shape index (κ3) is 4.48. The summed E-state index contributed by atoms with van der Waals surface area (Å²) in [6.45, 7) is 5.92. The molecule has 0 heterocycles. The lowest BCUT2D eigenvalue weighted by atomic mass is 10.1. The summed E-state index contributed by atoms with van der Waals surface area (Å²) in [7, 11) is 0. The first-order valence-electron chi connectivity index (χ1n) is 6.30. The van der Waals surface area contributed by atoms with Gasteiger partial charge in [0.1, 0.15) is 5.75 Å². The fourth-order valence-electron chi connectivity index (χ4n) is 1.60. The van der Waals surface area contributed by atoms with E-state index in [9.17, 15) is 4.79 Å². The Hall–Kier alpha value is -0.780. The third-order valence-electron chi connectivity index (χ3n) is 2.84. The zero-order valence-electron chi connectivity index (χ0n) is 11.1. The minimum atomic E-state index is -0.471. The van der Waals surface area contributed by atoms with Gasteiger partial charge >= 0.3 is 0 Å². The second-order valence-electron chi connectivity index (χ2n) is 4.21. The zero-order chi connectivity index (χ0) is 13.5. The van der Waals surface area contributed by atoms with E-state index in [1.165, 1.54) is 0 Å². The maximum Gasteiger partial charge on any atom is 0.260 e. The molecule has 0 spiro atoms. The normalized spacial score (nSPS) is 12.3. The molecule has 0 saturated heterocycles. The largest absolute Gasteiger partial charge is 0.480 e. The Balaban J connectivity index is 2.57. The smallest absolute Gasteiger partial charge is 0.260 e. The molecule has 18 heavy (non-hydrogen) atoms. The number of ether oxygens (including phenoxy) is 1. The Morgan fingerprint density at radius 2 is 1.94 bits per heavy atom. The fraction of sp³-hybridized carbons (Fsp3) is 0.500. The maximum atomic E-state index is 11.9. The highest BCUT2D eigenvalue weighted by molar-refractivity contribution is 14.1. The van der Waals surface area contributed by atoms with Crippen LogP contribution in [0.3, 0.4) is 0 Å². The van der Waals surface area contributed by atoms with Gasteiger partial charge in [-0.1, -0.05) is 26.0 Å². The molecule has 0 saturated carbocycles. The van der Waals surface area contributed by atoms with Crippen molar-refractivity contribution in [1.29, 1.82) is 0 Å². The Morgan fingerprint density at radius 3 is 2.50 bits per heavy atom. The van der Waals surface area contributed by atoms with Gasteiger partial charge in [0, 0.05) is 6.04 Å². The van der Waals surface area contributed by atoms with Crippen molar-refractivity contribution in [2.45, 2.75) is 45.8 Å². The molecule has 0 bridgehead atoms. The van der Waals surface area contributed by atoms with Crippen LogP contribution in [0.2, 0.25) is 0 Å². The van der Waals surface area contributed by atoms with E-state index in [0.717, 1.165) is 22.2 Å². The van der Waals surface area contributed by atoms with Crippen molar-refractivity contribution in [1.82, 2.24) is 5.32 Å². The van der Waals surface area contributed by atoms with Gasteiger partial charge in [-0.05, 0) is 54.5 Å². The summed E-state index contributed by atoms with van der Waals surface area (Å²) in [4.78, 5) is 11.9. The number of hydrogen-bond donors (Lipinski definition) is 1. The average molecular weight is 361 g/mol. The van der Waals surface area contributed by atoms with Crippen molar-refractivity contribution < 1.29 is 9.53 Å². The summed E-state index contributed by atoms with van der Waals surface area (Å²) < 4.78 is 6.69. The van der Waals surface area contributed by atoms with Crippen molar-refractivity contribution in [3.8, 4) is 5.75 Å². The van der Waals surface area contributed by atoms with Gasteiger partial charge in [0.15, 0.2) is 6.10 Å². The molecule has 4 heteroatoms. The van der Waals surface area contributed by atoms with Gasteiger partial charge in [-0.2, -0.15) is 0 Å². The van der Waals surface area contributed by atoms with Crippen molar-refractivity contribution in [3.05, 3.63) is 27.8 Å². The average Bonchev–Trinajstić information content (AvgIpc) is 2.38. The molecule has 1 aromatic rings. The first kappa shape index (κ1) is 15.3. The Kier molecular flexibility index (Phi) is 6.46. The van der Waals surface area contributed by atoms with Gasteiger partial charge in [-0.25, -0.2) is 0 Å². The third-order valence-corrected chi connectivity index (χ3v) is 3.73. The van der Waals surface area contributed by atoms with Crippen molar-refractivity contribution in [2.75, 3.05) is 0 Å². The van der Waals surface area contributed by atoms with Crippen LogP contribution in [0.4, 0.5) is 0 Å². The topological polar surface area (TPSA) is 38.3 Å². The lowest BCUT2D eigenvalue weighted by molar-refractivity contribution is -0.128. The lowest BCUT2D eigenvalue weighted by Crippen LogP contribution is -2.42. The Labute approximate surface area is 122 Å². The molecule has 0 radical (unpaired) electrons. The van der Waals surface area contributed by atoms with E-state index in [0.29, 0.717) is 0 Å². The molecule has 0 aliphatic heterocycles. The molecule has 1 unspecified atom stereocenters. The number of rotatable bonds is 6. The van der Waals surface area contributed by atoms with E-state index in [2.05, 4.69) is 41.8 Å². The summed E-state index contributed by atoms with van der Waals surface area (Å²) in [6, 6.07) is 7.93. The van der Waals surface area contributed by atoms with Crippen LogP contribution in [0, 0.1) is 3.57 Å². The quantitative estimate of drug-likeness (QED) is 0.790. The molecule has 100 valence electrons. The highest BCUT2D eigenvalue weighted by atomic mass is 127. The van der Waals surface area contributed by atoms with Gasteiger partial charge in [-0.3, -0.25) is 4.79 Å². The minimum Gasteiger partial charge on any atom is -0.480 e. The number of hydrogen-bond acceptors (Lipinski definition) is 2. The molecule has 0 aliphatic carbocycles. The molecule has 3 nitrogen and oxygen atoms in total. The highest BCUT2D eigenvalue weighted by Gasteiger charge is 2.17. The molecule has 1 aromatic carbocycles. The molecule has 1 amide bonds. The molecular weight excluding hydrogens is 341 g/mol. The fourth-order valence-corrected chi connectivity index (χ4v) is 2.11. The Morgan fingerprint density at radius 1 is 1.33 bits per heavy atom. The second kappa shape index (κ2) is 7.61. The van der Waals surface area contributed by atoms with E-state index in [4.69, 9.17) is 4.74 Å². The zero-order valence-corrected chi connectivity index (χ0v) is 13.2. The van der Waals surface area contributed by atoms with Gasteiger partial charge < -0.3 is 10.1 Å². The van der Waals surface area contributed by atoms with Gasteiger partial charge in [-0.15, -0.1) is 0 Å². The highest BCUT2D eigenvalue weighted by Crippen LogP contribution is 2.20. The number of carbonyl (C=O) groups is 1. The summed E-state index contributed by atoms with van der Waals surface area (Å²) in [5.41, 5.74) is 0. The molecule has 1 atom stereocenters. The summed E-state index contributed by atoms with van der Waals surface area (Å²) in [6.07, 6.45) is 1.41. The monoisotopic (exact) mass is 361 g/mol. The van der Waals surface area contributed by atoms with E-state index in [-0.39, 0.29) is 11.9 Å². The standard InChI is InChI=1S/C14H20INO2/c1-4-11(5-2)16-14(17)10(3)18-13-9-7-6-8-12(13)15/h6-11H,4-5H2,1-3H3,(H,16,17). The van der Waals surface area contributed by atoms with Crippen LogP contribution < -0.4 is 10.1 Å². The van der Waals surface area contributed by atoms with Gasteiger partial charge in [0.05, 0.1) is 3.57 Å². The van der Waals surface area contributed by atoms with Crippen LogP contribution in [0.25, 0.3) is 0 Å². The minimum absolute atomic E-state index is 0.0525. The number of halogens is 1. The maximum absolute atomic E-state index is 11.9. The SMILES string of the molecule is CCC(CC)NC(=O)C(C)Oc1ccccc1I. The lowest BCUT2D eigenvalue weighted by Gasteiger charge is -2.19. The first-order valence-corrected chi connectivity index (χ1v) is 7.37. The predicted molar refractivity (Wildman–Crippen MR) is 81.8 cm³/mol. The van der Waals surface area contributed by atoms with E-state index >= 15 is 0 Å². The van der Waals surface area contributed by atoms with E-state index in [1.807, 2.05) is 24.3 Å². The predicted octanol–water partition coefficient (Wildman–Crippen LogP) is 3.36. The number of nitrogens with one attached hydrogen (secondary N) is 1. The van der Waals surface area contributed by atoms with Crippen molar-refractivity contribution >= 4 is 28.5 Å². The first-order chi connectivity index (χ1) is 8.58. The van der Waals surface area contributed by atoms with Crippen LogP contribution in [-0.2, 0) is 4.79 Å². The van der Waals surface area contributed by atoms with Crippen molar-refractivity contribution in [3.63, 3.8) is 0 Å². The van der Waals surface area contributed by atoms with Crippen LogP contribution in [0.1, 0.15) is 33.6 Å². The van der Waals surface area contributed by atoms with E-state index in [1.54, 1.807) is 6.92 Å². The molecule has 1 N–H and O–H groups in total. The van der Waals surface area contributed by atoms with Crippen LogP contribution in [0.5, 0.6) is 5.75 Å². The number of carbonyl (C=O) groups excluding carboxylic acids is 1. The second-order valence-corrected chi connectivity index (χ2v) is 5.37. The molecule has 0 aliphatic rings. The van der Waals surface area contributed by atoms with Crippen LogP contribution in [-0.4, -0.2) is 18.1 Å². The molecule has 0 fully saturated rings. The summed E-state index contributed by atoms with van der Waals surface area (Å²) in [5, 5.41) is 2.99. The van der Waals surface area contributed by atoms with Crippen LogP contribution >= 0.6 is 22.6 Å². The van der Waals surface area contributed by atoms with Crippen molar-refractivity contribution in [2.24, 2.45) is 0 Å². The summed E-state index contributed by atoms with van der Waals surface area (Å²) >= 11 is 2.20. The number of para-hydroxylation sites is 1. The van der Waals surface area contributed by atoms with Crippen LogP contribution in [0.15, 0.2) is 24.3 Å². The van der Waals surface area contributed by atoms with Gasteiger partial charge in [0.25, 0.3) is 5.91 Å². The summed E-state index contributed by atoms with van der Waals surface area (Å²) in [5.74, 6) is 0.702. The number of benzene rings is 1. The van der Waals surface area contributed by atoms with Gasteiger partial charge in [0.2, 0.25) is 0 Å². The molecule has 1 rings (SSSR count). The Bertz CT molecular complexity index is 391. The molecule has 0 aromatic heterocycles. The molecular formula is C14H20INO2. The van der Waals surface area contributed by atoms with E-state index < -0.39 is 6.10 Å². The number of amides is 1.